The average molecular weight is 344 g/mol. The summed E-state index contributed by atoms with van der Waals surface area (Å²) in [6.07, 6.45) is -4.58. The second-order valence-electron chi connectivity index (χ2n) is 4.99. The van der Waals surface area contributed by atoms with Crippen molar-refractivity contribution in [1.29, 1.82) is 0 Å². The van der Waals surface area contributed by atoms with Gasteiger partial charge in [0.1, 0.15) is 5.54 Å². The van der Waals surface area contributed by atoms with Crippen LogP contribution in [0.2, 0.25) is 0 Å². The van der Waals surface area contributed by atoms with E-state index < -0.39 is 37.7 Å². The minimum Gasteiger partial charge on any atom is -0.480 e. The highest BCUT2D eigenvalue weighted by atomic mass is 32.2. The lowest BCUT2D eigenvalue weighted by molar-refractivity contribution is -0.149. The summed E-state index contributed by atoms with van der Waals surface area (Å²) in [7, 11) is -4.42. The molecule has 0 spiro atoms. The number of hydrogen-bond donors (Lipinski definition) is 2. The number of halogens is 3. The molecule has 1 aromatic heterocycles. The molecule has 0 radical (unpaired) electrons. The van der Waals surface area contributed by atoms with Crippen LogP contribution in [0.25, 0.3) is 0 Å². The molecule has 118 valence electrons. The third-order valence-corrected chi connectivity index (χ3v) is 5.59. The van der Waals surface area contributed by atoms with Gasteiger partial charge in [0.25, 0.3) is 10.0 Å². The van der Waals surface area contributed by atoms with Crippen LogP contribution in [-0.4, -0.2) is 30.0 Å². The van der Waals surface area contributed by atoms with E-state index >= 15 is 0 Å². The van der Waals surface area contributed by atoms with E-state index in [1.807, 2.05) is 4.72 Å². The van der Waals surface area contributed by atoms with Gasteiger partial charge in [0.15, 0.2) is 10.0 Å². The van der Waals surface area contributed by atoms with E-state index in [4.69, 9.17) is 5.11 Å². The number of carboxylic acids is 1. The largest absolute Gasteiger partial charge is 0.480 e. The quantitative estimate of drug-likeness (QED) is 0.866. The van der Waals surface area contributed by atoms with Crippen LogP contribution in [-0.2, 0) is 21.0 Å². The maximum absolute atomic E-state index is 12.4. The van der Waals surface area contributed by atoms with E-state index in [2.05, 4.69) is 4.98 Å². The molecule has 0 aromatic carbocycles. The summed E-state index contributed by atoms with van der Waals surface area (Å²) in [4.78, 5) is 14.2. The van der Waals surface area contributed by atoms with Gasteiger partial charge in [-0.15, -0.1) is 11.3 Å². The summed E-state index contributed by atoms with van der Waals surface area (Å²) in [6.45, 7) is 1.75. The Labute approximate surface area is 122 Å². The number of rotatable bonds is 4. The molecule has 11 heteroatoms. The number of nitrogens with zero attached hydrogens (tertiary/aromatic N) is 1. The lowest BCUT2D eigenvalue weighted by Crippen LogP contribution is -2.61. The fourth-order valence-corrected chi connectivity index (χ4v) is 4.60. The molecule has 1 saturated carbocycles. The first-order valence-corrected chi connectivity index (χ1v) is 8.13. The Morgan fingerprint density at radius 3 is 2.48 bits per heavy atom. The third-order valence-electron chi connectivity index (χ3n) is 3.13. The molecule has 0 saturated heterocycles. The van der Waals surface area contributed by atoms with Crippen LogP contribution in [0.1, 0.15) is 24.8 Å². The molecular formula is C10H11F3N2O4S2. The number of carbonyl (C=O) groups is 1. The van der Waals surface area contributed by atoms with Gasteiger partial charge in [-0.1, -0.05) is 6.92 Å². The number of hydrogen-bond acceptors (Lipinski definition) is 5. The van der Waals surface area contributed by atoms with Gasteiger partial charge >= 0.3 is 12.1 Å². The molecule has 0 bridgehead atoms. The molecule has 0 amide bonds. The number of sulfonamides is 1. The van der Waals surface area contributed by atoms with Crippen molar-refractivity contribution in [2.45, 2.75) is 36.5 Å². The van der Waals surface area contributed by atoms with Crippen molar-refractivity contribution in [3.05, 3.63) is 10.4 Å². The van der Waals surface area contributed by atoms with E-state index in [9.17, 15) is 26.4 Å². The first-order valence-electron chi connectivity index (χ1n) is 5.76. The molecule has 1 aliphatic rings. The maximum atomic E-state index is 12.4. The number of alkyl halides is 3. The second kappa shape index (κ2) is 4.92. The molecule has 0 atom stereocenters. The lowest BCUT2D eigenvalue weighted by Gasteiger charge is -2.42. The summed E-state index contributed by atoms with van der Waals surface area (Å²) in [5.74, 6) is -1.33. The Kier molecular flexibility index (Phi) is 3.79. The van der Waals surface area contributed by atoms with Crippen molar-refractivity contribution in [1.82, 2.24) is 9.71 Å². The normalized spacial score (nSPS) is 26.4. The van der Waals surface area contributed by atoms with E-state index in [1.54, 1.807) is 6.92 Å². The minimum atomic E-state index is -4.74. The van der Waals surface area contributed by atoms with Gasteiger partial charge in [-0.05, 0) is 18.8 Å². The zero-order valence-electron chi connectivity index (χ0n) is 10.6. The van der Waals surface area contributed by atoms with Crippen LogP contribution >= 0.6 is 11.3 Å². The molecule has 2 N–H and O–H groups in total. The summed E-state index contributed by atoms with van der Waals surface area (Å²) >= 11 is 0.141. The number of aromatic nitrogens is 1. The fourth-order valence-electron chi connectivity index (χ4n) is 2.25. The Morgan fingerprint density at radius 2 is 2.10 bits per heavy atom. The molecule has 1 aromatic rings. The van der Waals surface area contributed by atoms with Gasteiger partial charge in [0.2, 0.25) is 0 Å². The number of carboxylic acid groups (broad SMARTS) is 1. The van der Waals surface area contributed by atoms with Crippen LogP contribution in [0.5, 0.6) is 0 Å². The Morgan fingerprint density at radius 1 is 1.52 bits per heavy atom. The highest BCUT2D eigenvalue weighted by Crippen LogP contribution is 2.39. The van der Waals surface area contributed by atoms with Crippen LogP contribution < -0.4 is 4.72 Å². The van der Waals surface area contributed by atoms with Gasteiger partial charge in [0.05, 0.1) is 0 Å². The van der Waals surface area contributed by atoms with Crippen LogP contribution in [0.15, 0.2) is 10.4 Å². The van der Waals surface area contributed by atoms with Gasteiger partial charge in [-0.25, -0.2) is 13.4 Å². The average Bonchev–Trinajstić information content (AvgIpc) is 2.74. The standard InChI is InChI=1S/C10H11F3N2O4S2/c1-5-2-9(3-5,8(16)17)15-21(18,19)6-4-20-7(14-6)10(11,12)13/h4-5,15H,2-3H2,1H3,(H,16,17). The maximum Gasteiger partial charge on any atom is 0.443 e. The van der Waals surface area contributed by atoms with Crippen molar-refractivity contribution < 1.29 is 31.5 Å². The highest BCUT2D eigenvalue weighted by molar-refractivity contribution is 7.89. The molecule has 1 aliphatic carbocycles. The Hall–Kier alpha value is -1.20. The third kappa shape index (κ3) is 3.04. The van der Waals surface area contributed by atoms with E-state index in [-0.39, 0.29) is 30.1 Å². The van der Waals surface area contributed by atoms with Crippen molar-refractivity contribution in [3.63, 3.8) is 0 Å². The zero-order chi connectivity index (χ0) is 16.1. The lowest BCUT2D eigenvalue weighted by atomic mass is 9.70. The SMILES string of the molecule is CC1CC(NS(=O)(=O)c2csc(C(F)(F)F)n2)(C(=O)O)C1. The van der Waals surface area contributed by atoms with Gasteiger partial charge in [-0.3, -0.25) is 4.79 Å². The van der Waals surface area contributed by atoms with Gasteiger partial charge < -0.3 is 5.11 Å². The van der Waals surface area contributed by atoms with Crippen molar-refractivity contribution >= 4 is 27.3 Å². The number of thiazole rings is 1. The molecule has 0 unspecified atom stereocenters. The smallest absolute Gasteiger partial charge is 0.443 e. The van der Waals surface area contributed by atoms with E-state index in [0.717, 1.165) is 5.38 Å². The first-order chi connectivity index (χ1) is 9.46. The molecule has 2 rings (SSSR count). The topological polar surface area (TPSA) is 96.4 Å². The molecule has 1 heterocycles. The molecule has 21 heavy (non-hydrogen) atoms. The zero-order valence-corrected chi connectivity index (χ0v) is 12.3. The predicted molar refractivity (Wildman–Crippen MR) is 66.2 cm³/mol. The number of nitrogens with one attached hydrogen (secondary N) is 1. The van der Waals surface area contributed by atoms with E-state index in [0.29, 0.717) is 0 Å². The first kappa shape index (κ1) is 16.2. The number of aliphatic carboxylic acids is 1. The van der Waals surface area contributed by atoms with Crippen molar-refractivity contribution in [3.8, 4) is 0 Å². The summed E-state index contributed by atoms with van der Waals surface area (Å²) in [6, 6.07) is 0. The summed E-state index contributed by atoms with van der Waals surface area (Å²) in [5.41, 5.74) is -1.67. The Bertz CT molecular complexity index is 662. The van der Waals surface area contributed by atoms with Crippen LogP contribution in [0.3, 0.4) is 0 Å². The summed E-state index contributed by atoms with van der Waals surface area (Å²) in [5, 5.41) is 7.74. The van der Waals surface area contributed by atoms with Gasteiger partial charge in [-0.2, -0.15) is 17.9 Å². The van der Waals surface area contributed by atoms with Crippen LogP contribution in [0, 0.1) is 5.92 Å². The molecule has 0 aliphatic heterocycles. The predicted octanol–water partition coefficient (Wildman–Crippen LogP) is 1.69. The van der Waals surface area contributed by atoms with Gasteiger partial charge in [0, 0.05) is 5.38 Å². The second-order valence-corrected chi connectivity index (χ2v) is 7.48. The van der Waals surface area contributed by atoms with Crippen molar-refractivity contribution in [2.75, 3.05) is 0 Å². The monoisotopic (exact) mass is 344 g/mol. The highest BCUT2D eigenvalue weighted by Gasteiger charge is 2.51. The fraction of sp³-hybridized carbons (Fsp3) is 0.600. The molecular weight excluding hydrogens is 333 g/mol. The summed E-state index contributed by atoms with van der Waals surface area (Å²) < 4.78 is 63.2. The van der Waals surface area contributed by atoms with Crippen LogP contribution in [0.4, 0.5) is 13.2 Å². The Balaban J connectivity index is 2.27. The minimum absolute atomic E-state index is 0.0185. The van der Waals surface area contributed by atoms with E-state index in [1.165, 1.54) is 0 Å². The molecule has 6 nitrogen and oxygen atoms in total. The molecule has 1 fully saturated rings. The van der Waals surface area contributed by atoms with Crippen molar-refractivity contribution in [2.24, 2.45) is 5.92 Å².